The van der Waals surface area contributed by atoms with E-state index < -0.39 is 17.6 Å². The molecule has 5 nitrogen and oxygen atoms in total. The van der Waals surface area contributed by atoms with E-state index in [9.17, 15) is 13.6 Å². The fourth-order valence-electron chi connectivity index (χ4n) is 2.06. The SMILES string of the molecule is Cc1onc(CN(C)Cc2ccc(F)c(F)c2)c1C(=O)O. The van der Waals surface area contributed by atoms with Crippen molar-refractivity contribution in [2.24, 2.45) is 0 Å². The van der Waals surface area contributed by atoms with Gasteiger partial charge in [-0.3, -0.25) is 4.90 Å². The minimum absolute atomic E-state index is 0.0344. The number of nitrogens with zero attached hydrogens (tertiary/aromatic N) is 2. The molecule has 2 rings (SSSR count). The van der Waals surface area contributed by atoms with Crippen LogP contribution in [0.25, 0.3) is 0 Å². The predicted octanol–water partition coefficient (Wildman–Crippen LogP) is 2.59. The Kier molecular flexibility index (Phi) is 4.32. The number of carbonyl (C=O) groups is 1. The first-order valence-electron chi connectivity index (χ1n) is 6.19. The van der Waals surface area contributed by atoms with Crippen molar-refractivity contribution in [2.75, 3.05) is 7.05 Å². The van der Waals surface area contributed by atoms with E-state index in [1.807, 2.05) is 0 Å². The molecule has 0 aliphatic rings. The lowest BCUT2D eigenvalue weighted by Gasteiger charge is -2.15. The van der Waals surface area contributed by atoms with Gasteiger partial charge in [0.1, 0.15) is 17.0 Å². The highest BCUT2D eigenvalue weighted by atomic mass is 19.2. The average molecular weight is 296 g/mol. The largest absolute Gasteiger partial charge is 0.477 e. The lowest BCUT2D eigenvalue weighted by Crippen LogP contribution is -2.19. The van der Waals surface area contributed by atoms with Gasteiger partial charge in [0, 0.05) is 13.1 Å². The summed E-state index contributed by atoms with van der Waals surface area (Å²) >= 11 is 0. The second kappa shape index (κ2) is 6.01. The summed E-state index contributed by atoms with van der Waals surface area (Å²) in [6, 6.07) is 3.64. The summed E-state index contributed by atoms with van der Waals surface area (Å²) in [7, 11) is 1.72. The fraction of sp³-hybridized carbons (Fsp3) is 0.286. The van der Waals surface area contributed by atoms with Gasteiger partial charge in [0.15, 0.2) is 11.6 Å². The van der Waals surface area contributed by atoms with Crippen LogP contribution in [-0.4, -0.2) is 28.2 Å². The van der Waals surface area contributed by atoms with Crippen molar-refractivity contribution in [1.29, 1.82) is 0 Å². The van der Waals surface area contributed by atoms with Crippen molar-refractivity contribution >= 4 is 5.97 Å². The summed E-state index contributed by atoms with van der Waals surface area (Å²) in [5.74, 6) is -2.69. The topological polar surface area (TPSA) is 66.6 Å². The van der Waals surface area contributed by atoms with Crippen molar-refractivity contribution in [3.8, 4) is 0 Å². The third-order valence-electron chi connectivity index (χ3n) is 3.00. The van der Waals surface area contributed by atoms with Gasteiger partial charge in [0.2, 0.25) is 0 Å². The van der Waals surface area contributed by atoms with Crippen molar-refractivity contribution in [1.82, 2.24) is 10.1 Å². The second-order valence-corrected chi connectivity index (χ2v) is 4.79. The maximum Gasteiger partial charge on any atom is 0.341 e. The first-order valence-corrected chi connectivity index (χ1v) is 6.19. The Morgan fingerprint density at radius 1 is 1.33 bits per heavy atom. The number of aromatic nitrogens is 1. The molecule has 1 N–H and O–H groups in total. The smallest absolute Gasteiger partial charge is 0.341 e. The number of hydrogen-bond donors (Lipinski definition) is 1. The Morgan fingerprint density at radius 3 is 2.67 bits per heavy atom. The summed E-state index contributed by atoms with van der Waals surface area (Å²) in [4.78, 5) is 12.8. The molecular weight excluding hydrogens is 282 g/mol. The number of carboxylic acid groups (broad SMARTS) is 1. The predicted molar refractivity (Wildman–Crippen MR) is 69.7 cm³/mol. The highest BCUT2D eigenvalue weighted by molar-refractivity contribution is 5.89. The molecule has 1 heterocycles. The number of benzene rings is 1. The van der Waals surface area contributed by atoms with Gasteiger partial charge in [-0.2, -0.15) is 0 Å². The van der Waals surface area contributed by atoms with Gasteiger partial charge >= 0.3 is 5.97 Å². The van der Waals surface area contributed by atoms with Gasteiger partial charge in [-0.1, -0.05) is 11.2 Å². The highest BCUT2D eigenvalue weighted by Gasteiger charge is 2.20. The van der Waals surface area contributed by atoms with Crippen molar-refractivity contribution in [3.05, 3.63) is 52.4 Å². The van der Waals surface area contributed by atoms with Crippen LogP contribution in [0.4, 0.5) is 8.78 Å². The molecule has 21 heavy (non-hydrogen) atoms. The van der Waals surface area contributed by atoms with E-state index in [0.717, 1.165) is 12.1 Å². The minimum atomic E-state index is -1.11. The van der Waals surface area contributed by atoms with E-state index in [2.05, 4.69) is 5.16 Å². The molecule has 0 saturated heterocycles. The van der Waals surface area contributed by atoms with E-state index in [1.54, 1.807) is 11.9 Å². The van der Waals surface area contributed by atoms with Gasteiger partial charge in [-0.25, -0.2) is 13.6 Å². The number of aryl methyl sites for hydroxylation is 1. The fourth-order valence-corrected chi connectivity index (χ4v) is 2.06. The zero-order chi connectivity index (χ0) is 15.6. The molecule has 7 heteroatoms. The van der Waals surface area contributed by atoms with Crippen molar-refractivity contribution in [2.45, 2.75) is 20.0 Å². The van der Waals surface area contributed by atoms with Crippen LogP contribution in [0.3, 0.4) is 0 Å². The van der Waals surface area contributed by atoms with Gasteiger partial charge < -0.3 is 9.63 Å². The summed E-state index contributed by atoms with van der Waals surface area (Å²) in [5, 5.41) is 12.8. The molecule has 0 aliphatic carbocycles. The quantitative estimate of drug-likeness (QED) is 0.918. The van der Waals surface area contributed by atoms with Crippen LogP contribution in [0.2, 0.25) is 0 Å². The van der Waals surface area contributed by atoms with Gasteiger partial charge in [0.05, 0.1) is 0 Å². The average Bonchev–Trinajstić information content (AvgIpc) is 2.75. The first-order chi connectivity index (χ1) is 9.88. The van der Waals surface area contributed by atoms with Gasteiger partial charge in [-0.05, 0) is 31.7 Å². The second-order valence-electron chi connectivity index (χ2n) is 4.79. The summed E-state index contributed by atoms with van der Waals surface area (Å²) in [6.45, 7) is 2.06. The van der Waals surface area contributed by atoms with E-state index in [0.29, 0.717) is 17.8 Å². The lowest BCUT2D eigenvalue weighted by molar-refractivity contribution is 0.0693. The number of hydrogen-bond acceptors (Lipinski definition) is 4. The van der Waals surface area contributed by atoms with E-state index >= 15 is 0 Å². The molecule has 0 atom stereocenters. The van der Waals surface area contributed by atoms with E-state index in [4.69, 9.17) is 9.63 Å². The molecule has 1 aromatic carbocycles. The molecule has 2 aromatic rings. The molecule has 0 radical (unpaired) electrons. The Balaban J connectivity index is 2.10. The Morgan fingerprint density at radius 2 is 2.05 bits per heavy atom. The number of halogens is 2. The van der Waals surface area contributed by atoms with Crippen molar-refractivity contribution < 1.29 is 23.2 Å². The molecule has 0 bridgehead atoms. The number of carboxylic acids is 1. The number of aromatic carboxylic acids is 1. The molecule has 0 fully saturated rings. The third-order valence-corrected chi connectivity index (χ3v) is 3.00. The lowest BCUT2D eigenvalue weighted by atomic mass is 10.1. The van der Waals surface area contributed by atoms with Crippen LogP contribution in [0.5, 0.6) is 0 Å². The summed E-state index contributed by atoms with van der Waals surface area (Å²) in [6.07, 6.45) is 0. The highest BCUT2D eigenvalue weighted by Crippen LogP contribution is 2.16. The monoisotopic (exact) mass is 296 g/mol. The Labute approximate surface area is 119 Å². The molecular formula is C14H14F2N2O3. The standard InChI is InChI=1S/C14H14F2N2O3/c1-8-13(14(19)20)12(17-21-8)7-18(2)6-9-3-4-10(15)11(16)5-9/h3-5H,6-7H2,1-2H3,(H,19,20). The van der Waals surface area contributed by atoms with Crippen LogP contribution in [0.1, 0.15) is 27.4 Å². The Bertz CT molecular complexity index is 670. The summed E-state index contributed by atoms with van der Waals surface area (Å²) in [5.41, 5.74) is 0.908. The van der Waals surface area contributed by atoms with Crippen LogP contribution in [0, 0.1) is 18.6 Å². The van der Waals surface area contributed by atoms with E-state index in [1.165, 1.54) is 13.0 Å². The zero-order valence-electron chi connectivity index (χ0n) is 11.6. The number of rotatable bonds is 5. The van der Waals surface area contributed by atoms with Crippen LogP contribution < -0.4 is 0 Å². The first kappa shape index (κ1) is 15.1. The Hall–Kier alpha value is -2.28. The molecule has 112 valence electrons. The van der Waals surface area contributed by atoms with Crippen LogP contribution in [-0.2, 0) is 13.1 Å². The molecule has 0 amide bonds. The molecule has 0 saturated carbocycles. The third kappa shape index (κ3) is 3.43. The van der Waals surface area contributed by atoms with Gasteiger partial charge in [0.25, 0.3) is 0 Å². The minimum Gasteiger partial charge on any atom is -0.477 e. The van der Waals surface area contributed by atoms with Gasteiger partial charge in [-0.15, -0.1) is 0 Å². The summed E-state index contributed by atoms with van der Waals surface area (Å²) < 4.78 is 30.9. The van der Waals surface area contributed by atoms with E-state index in [-0.39, 0.29) is 17.9 Å². The zero-order valence-corrected chi connectivity index (χ0v) is 11.6. The maximum atomic E-state index is 13.1. The maximum absolute atomic E-state index is 13.1. The molecule has 0 aliphatic heterocycles. The van der Waals surface area contributed by atoms with Crippen LogP contribution in [0.15, 0.2) is 22.7 Å². The molecule has 0 unspecified atom stereocenters. The van der Waals surface area contributed by atoms with Crippen LogP contribution >= 0.6 is 0 Å². The molecule has 0 spiro atoms. The normalized spacial score (nSPS) is 11.1. The van der Waals surface area contributed by atoms with Crippen molar-refractivity contribution in [3.63, 3.8) is 0 Å². The molecule has 1 aromatic heterocycles.